The number of amides is 2. The molecule has 0 unspecified atom stereocenters. The van der Waals surface area contributed by atoms with Crippen LogP contribution in [0.25, 0.3) is 0 Å². The molecule has 0 bridgehead atoms. The Labute approximate surface area is 120 Å². The number of likely N-dealkylation sites (N-methyl/N-ethyl adjacent to an activating group) is 1. The normalized spacial score (nSPS) is 20.4. The Bertz CT molecular complexity index is 539. The fourth-order valence-electron chi connectivity index (χ4n) is 2.32. The Morgan fingerprint density at radius 2 is 2.00 bits per heavy atom. The van der Waals surface area contributed by atoms with Crippen molar-refractivity contribution in [1.29, 1.82) is 0 Å². The molecule has 1 aliphatic rings. The molecule has 0 saturated heterocycles. The Morgan fingerprint density at radius 3 is 2.60 bits per heavy atom. The molecule has 0 aliphatic heterocycles. The molecule has 0 aromatic heterocycles. The van der Waals surface area contributed by atoms with Gasteiger partial charge in [-0.05, 0) is 43.4 Å². The summed E-state index contributed by atoms with van der Waals surface area (Å²) >= 11 is 0. The standard InChI is InChI=1S/C16H22N2O2/c1-10-6-5-7-14(12(10)3)17-15(19)9-18(4)16(20)13-8-11(13)2/h5-7,11,13H,8-9H2,1-4H3,(H,17,19)/t11-,13-/m1/s1. The van der Waals surface area contributed by atoms with Gasteiger partial charge < -0.3 is 10.2 Å². The number of carbonyl (C=O) groups is 2. The van der Waals surface area contributed by atoms with Crippen LogP contribution in [0.4, 0.5) is 5.69 Å². The fraction of sp³-hybridized carbons (Fsp3) is 0.500. The minimum absolute atomic E-state index is 0.0774. The van der Waals surface area contributed by atoms with Crippen molar-refractivity contribution in [1.82, 2.24) is 4.90 Å². The first-order valence-electron chi connectivity index (χ1n) is 7.01. The number of nitrogens with zero attached hydrogens (tertiary/aromatic N) is 1. The van der Waals surface area contributed by atoms with Crippen molar-refractivity contribution >= 4 is 17.5 Å². The van der Waals surface area contributed by atoms with Crippen LogP contribution in [-0.4, -0.2) is 30.3 Å². The van der Waals surface area contributed by atoms with Crippen molar-refractivity contribution in [3.8, 4) is 0 Å². The van der Waals surface area contributed by atoms with Crippen LogP contribution in [0, 0.1) is 25.7 Å². The third-order valence-electron chi connectivity index (χ3n) is 4.06. The molecule has 0 spiro atoms. The van der Waals surface area contributed by atoms with Gasteiger partial charge in [-0.2, -0.15) is 0 Å². The van der Waals surface area contributed by atoms with Crippen LogP contribution < -0.4 is 5.32 Å². The summed E-state index contributed by atoms with van der Waals surface area (Å²) in [6, 6.07) is 5.80. The summed E-state index contributed by atoms with van der Waals surface area (Å²) in [4.78, 5) is 25.5. The van der Waals surface area contributed by atoms with Gasteiger partial charge in [0.2, 0.25) is 11.8 Å². The van der Waals surface area contributed by atoms with E-state index in [0.29, 0.717) is 5.92 Å². The van der Waals surface area contributed by atoms with Gasteiger partial charge in [-0.15, -0.1) is 0 Å². The lowest BCUT2D eigenvalue weighted by molar-refractivity contribution is -0.134. The summed E-state index contributed by atoms with van der Waals surface area (Å²) in [5, 5.41) is 2.87. The maximum absolute atomic E-state index is 12.0. The molecular formula is C16H22N2O2. The van der Waals surface area contributed by atoms with Crippen LogP contribution in [0.1, 0.15) is 24.5 Å². The third kappa shape index (κ3) is 3.18. The highest BCUT2D eigenvalue weighted by Crippen LogP contribution is 2.38. The highest BCUT2D eigenvalue weighted by molar-refractivity contribution is 5.95. The number of hydrogen-bond donors (Lipinski definition) is 1. The van der Waals surface area contributed by atoms with Crippen molar-refractivity contribution in [3.63, 3.8) is 0 Å². The molecule has 2 atom stereocenters. The van der Waals surface area contributed by atoms with Gasteiger partial charge in [0.15, 0.2) is 0 Å². The minimum atomic E-state index is -0.150. The fourth-order valence-corrected chi connectivity index (χ4v) is 2.32. The number of aryl methyl sites for hydroxylation is 1. The van der Waals surface area contributed by atoms with Crippen LogP contribution in [-0.2, 0) is 9.59 Å². The van der Waals surface area contributed by atoms with Gasteiger partial charge in [-0.25, -0.2) is 0 Å². The largest absolute Gasteiger partial charge is 0.336 e. The average molecular weight is 274 g/mol. The zero-order chi connectivity index (χ0) is 14.9. The molecule has 1 aromatic rings. The first-order chi connectivity index (χ1) is 9.40. The van der Waals surface area contributed by atoms with Crippen molar-refractivity contribution in [2.45, 2.75) is 27.2 Å². The van der Waals surface area contributed by atoms with E-state index in [1.165, 1.54) is 4.90 Å². The van der Waals surface area contributed by atoms with E-state index in [0.717, 1.165) is 23.2 Å². The number of hydrogen-bond acceptors (Lipinski definition) is 2. The number of nitrogens with one attached hydrogen (secondary N) is 1. The average Bonchev–Trinajstić information content (AvgIpc) is 3.11. The topological polar surface area (TPSA) is 49.4 Å². The molecule has 4 nitrogen and oxygen atoms in total. The van der Waals surface area contributed by atoms with Gasteiger partial charge in [-0.1, -0.05) is 19.1 Å². The lowest BCUT2D eigenvalue weighted by Gasteiger charge is -2.17. The highest BCUT2D eigenvalue weighted by atomic mass is 16.2. The molecule has 1 saturated carbocycles. The third-order valence-corrected chi connectivity index (χ3v) is 4.06. The molecule has 2 rings (SSSR count). The van der Waals surface area contributed by atoms with Crippen LogP contribution in [0.2, 0.25) is 0 Å². The molecule has 1 aromatic carbocycles. The summed E-state index contributed by atoms with van der Waals surface area (Å²) in [7, 11) is 1.69. The van der Waals surface area contributed by atoms with E-state index in [4.69, 9.17) is 0 Å². The van der Waals surface area contributed by atoms with E-state index in [1.807, 2.05) is 32.0 Å². The Hall–Kier alpha value is -1.84. The Balaban J connectivity index is 1.92. The molecule has 20 heavy (non-hydrogen) atoms. The summed E-state index contributed by atoms with van der Waals surface area (Å²) in [6.45, 7) is 6.16. The predicted octanol–water partition coefficient (Wildman–Crippen LogP) is 2.36. The quantitative estimate of drug-likeness (QED) is 0.916. The second kappa shape index (κ2) is 5.65. The maximum Gasteiger partial charge on any atom is 0.243 e. The van der Waals surface area contributed by atoms with E-state index in [9.17, 15) is 9.59 Å². The summed E-state index contributed by atoms with van der Waals surface area (Å²) < 4.78 is 0. The van der Waals surface area contributed by atoms with E-state index < -0.39 is 0 Å². The van der Waals surface area contributed by atoms with Gasteiger partial charge >= 0.3 is 0 Å². The zero-order valence-corrected chi connectivity index (χ0v) is 12.6. The molecule has 0 heterocycles. The second-order valence-electron chi connectivity index (χ2n) is 5.81. The van der Waals surface area contributed by atoms with E-state index in [2.05, 4.69) is 12.2 Å². The lowest BCUT2D eigenvalue weighted by atomic mass is 10.1. The summed E-state index contributed by atoms with van der Waals surface area (Å²) in [5.74, 6) is 0.511. The molecule has 0 radical (unpaired) electrons. The molecular weight excluding hydrogens is 252 g/mol. The predicted molar refractivity (Wildman–Crippen MR) is 79.5 cm³/mol. The smallest absolute Gasteiger partial charge is 0.243 e. The van der Waals surface area contributed by atoms with Gasteiger partial charge in [0.25, 0.3) is 0 Å². The maximum atomic E-state index is 12.0. The monoisotopic (exact) mass is 274 g/mol. The van der Waals surface area contributed by atoms with Crippen molar-refractivity contribution < 1.29 is 9.59 Å². The highest BCUT2D eigenvalue weighted by Gasteiger charge is 2.40. The number of carbonyl (C=O) groups excluding carboxylic acids is 2. The lowest BCUT2D eigenvalue weighted by Crippen LogP contribution is -2.36. The number of benzene rings is 1. The molecule has 4 heteroatoms. The van der Waals surface area contributed by atoms with E-state index in [-0.39, 0.29) is 24.3 Å². The van der Waals surface area contributed by atoms with Gasteiger partial charge in [0.1, 0.15) is 0 Å². The van der Waals surface area contributed by atoms with Crippen molar-refractivity contribution in [2.75, 3.05) is 18.9 Å². The molecule has 2 amide bonds. The Morgan fingerprint density at radius 1 is 1.35 bits per heavy atom. The van der Waals surface area contributed by atoms with Crippen LogP contribution in [0.5, 0.6) is 0 Å². The van der Waals surface area contributed by atoms with Crippen molar-refractivity contribution in [3.05, 3.63) is 29.3 Å². The van der Waals surface area contributed by atoms with Crippen LogP contribution in [0.3, 0.4) is 0 Å². The van der Waals surface area contributed by atoms with Crippen molar-refractivity contribution in [2.24, 2.45) is 11.8 Å². The molecule has 108 valence electrons. The van der Waals surface area contributed by atoms with E-state index >= 15 is 0 Å². The Kier molecular flexibility index (Phi) is 4.12. The number of rotatable bonds is 4. The van der Waals surface area contributed by atoms with E-state index in [1.54, 1.807) is 7.05 Å². The van der Waals surface area contributed by atoms with Gasteiger partial charge in [0.05, 0.1) is 6.54 Å². The molecule has 1 fully saturated rings. The second-order valence-corrected chi connectivity index (χ2v) is 5.81. The molecule has 1 aliphatic carbocycles. The summed E-state index contributed by atoms with van der Waals surface area (Å²) in [6.07, 6.45) is 0.946. The molecule has 1 N–H and O–H groups in total. The van der Waals surface area contributed by atoms with Gasteiger partial charge in [0, 0.05) is 18.7 Å². The first kappa shape index (κ1) is 14.6. The van der Waals surface area contributed by atoms with Crippen LogP contribution >= 0.6 is 0 Å². The number of anilines is 1. The SMILES string of the molecule is Cc1cccc(NC(=O)CN(C)C(=O)[C@@H]2C[C@H]2C)c1C. The summed E-state index contributed by atoms with van der Waals surface area (Å²) in [5.41, 5.74) is 3.01. The minimum Gasteiger partial charge on any atom is -0.336 e. The van der Waals surface area contributed by atoms with Gasteiger partial charge in [-0.3, -0.25) is 9.59 Å². The van der Waals surface area contributed by atoms with Crippen LogP contribution in [0.15, 0.2) is 18.2 Å². The first-order valence-corrected chi connectivity index (χ1v) is 7.01. The zero-order valence-electron chi connectivity index (χ0n) is 12.6.